The first-order valence-electron chi connectivity index (χ1n) is 16.1. The van der Waals surface area contributed by atoms with E-state index in [0.29, 0.717) is 25.8 Å². The van der Waals surface area contributed by atoms with Crippen molar-refractivity contribution in [2.75, 3.05) is 46.3 Å². The van der Waals surface area contributed by atoms with Crippen LogP contribution >= 0.6 is 0 Å². The van der Waals surface area contributed by atoms with Gasteiger partial charge in [0.25, 0.3) is 0 Å². The second kappa shape index (κ2) is 14.2. The van der Waals surface area contributed by atoms with Crippen molar-refractivity contribution in [1.29, 1.82) is 0 Å². The Morgan fingerprint density at radius 3 is 2.60 bits per heavy atom. The maximum atomic E-state index is 14.2. The number of nitrogens with one attached hydrogen (secondary N) is 2. The summed E-state index contributed by atoms with van der Waals surface area (Å²) in [5, 5.41) is 3.02. The summed E-state index contributed by atoms with van der Waals surface area (Å²) in [7, 11) is 2.14. The molecule has 0 spiro atoms. The number of hydrogen-bond donors (Lipinski definition) is 2. The van der Waals surface area contributed by atoms with Gasteiger partial charge in [-0.3, -0.25) is 0 Å². The highest BCUT2D eigenvalue weighted by molar-refractivity contribution is 5.75. The number of amides is 1. The highest BCUT2D eigenvalue weighted by Crippen LogP contribution is 2.48. The van der Waals surface area contributed by atoms with Crippen LogP contribution in [-0.2, 0) is 16.6 Å². The van der Waals surface area contributed by atoms with E-state index in [4.69, 9.17) is 9.72 Å². The molecule has 236 valence electrons. The number of nitrogens with zero attached hydrogens (tertiary/aromatic N) is 3. The topological polar surface area (TPSA) is 73.5 Å². The van der Waals surface area contributed by atoms with E-state index in [1.165, 1.54) is 0 Å². The Labute approximate surface area is 257 Å². The first-order valence-corrected chi connectivity index (χ1v) is 16.1. The Hall–Kier alpha value is -2.97. The SMILES string of the molecule is CCN(CC)CCNC(=O)O[C@]1(CCN(C)CCC(C)(C)c2nc3ccccc3[nH]2)CCc2cc(F)ccc2[C@@H]1C(C)C. The predicted octanol–water partition coefficient (Wildman–Crippen LogP) is 6.88. The molecular weight excluding hydrogens is 541 g/mol. The molecule has 1 aromatic heterocycles. The summed E-state index contributed by atoms with van der Waals surface area (Å²) in [5.74, 6) is 0.978. The summed E-state index contributed by atoms with van der Waals surface area (Å²) in [5.41, 5.74) is 3.38. The number of fused-ring (bicyclic) bond motifs is 2. The van der Waals surface area contributed by atoms with E-state index in [0.717, 1.165) is 67.1 Å². The lowest BCUT2D eigenvalue weighted by molar-refractivity contribution is -0.0444. The Bertz CT molecular complexity index is 1320. The lowest BCUT2D eigenvalue weighted by Gasteiger charge is -2.47. The molecule has 8 heteroatoms. The summed E-state index contributed by atoms with van der Waals surface area (Å²) in [6.07, 6.45) is 2.63. The van der Waals surface area contributed by atoms with Crippen molar-refractivity contribution in [3.8, 4) is 0 Å². The van der Waals surface area contributed by atoms with Crippen LogP contribution in [0.2, 0.25) is 0 Å². The zero-order valence-electron chi connectivity index (χ0n) is 27.3. The monoisotopic (exact) mass is 593 g/mol. The molecule has 0 radical (unpaired) electrons. The third kappa shape index (κ3) is 7.95. The number of para-hydroxylation sites is 2. The highest BCUT2D eigenvalue weighted by Gasteiger charge is 2.48. The van der Waals surface area contributed by atoms with E-state index in [2.05, 4.69) is 74.8 Å². The van der Waals surface area contributed by atoms with Gasteiger partial charge in [-0.2, -0.15) is 0 Å². The number of likely N-dealkylation sites (N-methyl/N-ethyl adjacent to an activating group) is 1. The quantitative estimate of drug-likeness (QED) is 0.213. The fourth-order valence-corrected chi connectivity index (χ4v) is 6.72. The highest BCUT2D eigenvalue weighted by atomic mass is 19.1. The number of H-pyrrole nitrogens is 1. The summed E-state index contributed by atoms with van der Waals surface area (Å²) in [4.78, 5) is 26.3. The smallest absolute Gasteiger partial charge is 0.407 e. The summed E-state index contributed by atoms with van der Waals surface area (Å²) in [6, 6.07) is 13.3. The molecule has 0 saturated heterocycles. The van der Waals surface area contributed by atoms with Crippen molar-refractivity contribution < 1.29 is 13.9 Å². The number of alkyl carbamates (subject to hydrolysis) is 1. The van der Waals surface area contributed by atoms with Crippen LogP contribution in [0.1, 0.15) is 83.7 Å². The maximum Gasteiger partial charge on any atom is 0.407 e. The van der Waals surface area contributed by atoms with Gasteiger partial charge in [0, 0.05) is 37.4 Å². The zero-order valence-corrected chi connectivity index (χ0v) is 27.3. The van der Waals surface area contributed by atoms with Gasteiger partial charge in [-0.05, 0) is 87.3 Å². The van der Waals surface area contributed by atoms with Crippen LogP contribution in [0.3, 0.4) is 0 Å². The number of carbonyl (C=O) groups is 1. The van der Waals surface area contributed by atoms with Crippen LogP contribution in [0.15, 0.2) is 42.5 Å². The molecule has 2 N–H and O–H groups in total. The standard InChI is InChI=1S/C35H52FN5O2/c1-8-41(9-2)23-20-37-33(42)43-35(17-16-26-24-27(36)14-15-28(26)31(35)25(3)4)19-22-40(7)21-18-34(5,6)32-38-29-12-10-11-13-30(29)39-32/h10-15,24-25,31H,8-9,16-23H2,1-7H3,(H,37,42)(H,38,39)/t31-,35-/m0/s1. The maximum absolute atomic E-state index is 14.2. The van der Waals surface area contributed by atoms with Gasteiger partial charge in [0.05, 0.1) is 11.0 Å². The van der Waals surface area contributed by atoms with Crippen LogP contribution in [0.4, 0.5) is 9.18 Å². The minimum atomic E-state index is -0.680. The van der Waals surface area contributed by atoms with Gasteiger partial charge in [-0.15, -0.1) is 0 Å². The molecule has 7 nitrogen and oxygen atoms in total. The molecule has 1 aliphatic rings. The number of aryl methyl sites for hydroxylation is 1. The molecule has 0 fully saturated rings. The van der Waals surface area contributed by atoms with E-state index >= 15 is 0 Å². The van der Waals surface area contributed by atoms with Crippen molar-refractivity contribution in [2.45, 2.75) is 84.2 Å². The fourth-order valence-electron chi connectivity index (χ4n) is 6.72. The van der Waals surface area contributed by atoms with Crippen LogP contribution in [0.5, 0.6) is 0 Å². The minimum absolute atomic E-state index is 0.0224. The van der Waals surface area contributed by atoms with Crippen LogP contribution < -0.4 is 5.32 Å². The molecule has 4 rings (SSSR count). The van der Waals surface area contributed by atoms with Crippen LogP contribution in [0, 0.1) is 11.7 Å². The first kappa shape index (κ1) is 32.9. The van der Waals surface area contributed by atoms with Gasteiger partial charge >= 0.3 is 6.09 Å². The van der Waals surface area contributed by atoms with E-state index in [1.807, 2.05) is 24.3 Å². The Balaban J connectivity index is 1.48. The fraction of sp³-hybridized carbons (Fsp3) is 0.600. The summed E-state index contributed by atoms with van der Waals surface area (Å²) in [6.45, 7) is 18.0. The van der Waals surface area contributed by atoms with E-state index in [9.17, 15) is 9.18 Å². The van der Waals surface area contributed by atoms with Crippen LogP contribution in [-0.4, -0.2) is 77.8 Å². The normalized spacial score (nSPS) is 18.9. The first-order chi connectivity index (χ1) is 20.5. The van der Waals surface area contributed by atoms with E-state index < -0.39 is 5.60 Å². The lowest BCUT2D eigenvalue weighted by atomic mass is 9.65. The van der Waals surface area contributed by atoms with Gasteiger partial charge in [0.15, 0.2) is 0 Å². The van der Waals surface area contributed by atoms with Crippen molar-refractivity contribution >= 4 is 17.1 Å². The molecular formula is C35H52FN5O2. The summed E-state index contributed by atoms with van der Waals surface area (Å²) < 4.78 is 20.7. The number of aromatic amines is 1. The molecule has 1 amide bonds. The molecule has 0 unspecified atom stereocenters. The molecule has 0 saturated carbocycles. The predicted molar refractivity (Wildman–Crippen MR) is 173 cm³/mol. The average molecular weight is 594 g/mol. The second-order valence-electron chi connectivity index (χ2n) is 13.3. The van der Waals surface area contributed by atoms with Crippen molar-refractivity contribution in [2.24, 2.45) is 5.92 Å². The number of halogens is 1. The second-order valence-corrected chi connectivity index (χ2v) is 13.3. The number of imidazole rings is 1. The summed E-state index contributed by atoms with van der Waals surface area (Å²) >= 11 is 0. The molecule has 2 aromatic carbocycles. The molecule has 43 heavy (non-hydrogen) atoms. The molecule has 2 atom stereocenters. The molecule has 3 aromatic rings. The number of rotatable bonds is 14. The molecule has 1 aliphatic carbocycles. The number of carbonyl (C=O) groups excluding carboxylic acids is 1. The number of aromatic nitrogens is 2. The largest absolute Gasteiger partial charge is 0.442 e. The Morgan fingerprint density at radius 1 is 1.16 bits per heavy atom. The number of benzene rings is 2. The zero-order chi connectivity index (χ0) is 31.2. The van der Waals surface area contributed by atoms with Crippen molar-refractivity contribution in [3.05, 3.63) is 65.2 Å². The van der Waals surface area contributed by atoms with E-state index in [1.54, 1.807) is 12.1 Å². The number of ether oxygens (including phenoxy) is 1. The van der Waals surface area contributed by atoms with Gasteiger partial charge in [0.2, 0.25) is 0 Å². The third-order valence-electron chi connectivity index (χ3n) is 9.44. The van der Waals surface area contributed by atoms with Crippen LogP contribution in [0.25, 0.3) is 11.0 Å². The number of hydrogen-bond acceptors (Lipinski definition) is 5. The van der Waals surface area contributed by atoms with Crippen molar-refractivity contribution in [3.63, 3.8) is 0 Å². The Morgan fingerprint density at radius 2 is 1.91 bits per heavy atom. The average Bonchev–Trinajstić information content (AvgIpc) is 3.43. The molecule has 0 bridgehead atoms. The molecule has 1 heterocycles. The van der Waals surface area contributed by atoms with Gasteiger partial charge in [-0.25, -0.2) is 14.2 Å². The lowest BCUT2D eigenvalue weighted by Crippen LogP contribution is -2.50. The van der Waals surface area contributed by atoms with Gasteiger partial charge in [-0.1, -0.05) is 59.7 Å². The van der Waals surface area contributed by atoms with E-state index in [-0.39, 0.29) is 29.2 Å². The third-order valence-corrected chi connectivity index (χ3v) is 9.44. The Kier molecular flexibility index (Phi) is 10.9. The van der Waals surface area contributed by atoms with Gasteiger partial charge < -0.3 is 24.8 Å². The van der Waals surface area contributed by atoms with Gasteiger partial charge in [0.1, 0.15) is 17.2 Å². The minimum Gasteiger partial charge on any atom is -0.442 e. The van der Waals surface area contributed by atoms with Crippen molar-refractivity contribution in [1.82, 2.24) is 25.1 Å². The molecule has 0 aliphatic heterocycles.